The van der Waals surface area contributed by atoms with Crippen molar-refractivity contribution in [3.8, 4) is 0 Å². The summed E-state index contributed by atoms with van der Waals surface area (Å²) < 4.78 is 27.9. The van der Waals surface area contributed by atoms with E-state index in [1.807, 2.05) is 0 Å². The maximum atomic E-state index is 10.4. The van der Waals surface area contributed by atoms with E-state index < -0.39 is 19.5 Å². The maximum absolute atomic E-state index is 10.4. The van der Waals surface area contributed by atoms with Crippen LogP contribution in [-0.2, 0) is 19.5 Å². The van der Waals surface area contributed by atoms with Crippen LogP contribution in [0.15, 0.2) is 8.73 Å². The Kier molecular flexibility index (Phi) is 6.65. The van der Waals surface area contributed by atoms with Gasteiger partial charge in [0.25, 0.3) is 0 Å². The molecule has 0 aromatic rings. The summed E-state index contributed by atoms with van der Waals surface area (Å²) in [6.07, 6.45) is 6.42. The second-order valence-electron chi connectivity index (χ2n) is 2.73. The van der Waals surface area contributed by atoms with Crippen molar-refractivity contribution in [1.82, 2.24) is 0 Å². The first-order valence-electron chi connectivity index (χ1n) is 3.23. The lowest BCUT2D eigenvalue weighted by molar-refractivity contribution is 0.683. The average Bonchev–Trinajstić information content (AvgIpc) is 1.86. The molecule has 12 heavy (non-hydrogen) atoms. The Labute approximate surface area is 76.1 Å². The second-order valence-corrected chi connectivity index (χ2v) is 8.18. The Bertz CT molecular complexity index is 281. The monoisotopic (exact) mass is 214 g/mol. The molecule has 0 fully saturated rings. The van der Waals surface area contributed by atoms with E-state index in [-0.39, 0.29) is 0 Å². The van der Waals surface area contributed by atoms with Gasteiger partial charge in [-0.25, -0.2) is 8.73 Å². The number of hydrogen-bond donors (Lipinski definition) is 0. The molecule has 0 aliphatic rings. The van der Waals surface area contributed by atoms with Gasteiger partial charge in [-0.3, -0.25) is 8.42 Å². The first kappa shape index (κ1) is 14.4. The van der Waals surface area contributed by atoms with Gasteiger partial charge in [-0.15, -0.1) is 0 Å². The fourth-order valence-corrected chi connectivity index (χ4v) is 0. The van der Waals surface area contributed by atoms with Crippen molar-refractivity contribution in [3.63, 3.8) is 0 Å². The summed E-state index contributed by atoms with van der Waals surface area (Å²) in [4.78, 5) is 0. The zero-order valence-corrected chi connectivity index (χ0v) is 10.2. The Morgan fingerprint density at radius 2 is 0.833 bits per heavy atom. The van der Waals surface area contributed by atoms with Crippen LogP contribution in [0, 0.1) is 0 Å². The molecule has 76 valence electrons. The van der Waals surface area contributed by atoms with Crippen molar-refractivity contribution in [3.05, 3.63) is 0 Å². The smallest absolute Gasteiger partial charge is 0.0406 e. The molecule has 0 unspecified atom stereocenters. The molecular weight excluding hydrogens is 196 g/mol. The minimum Gasteiger partial charge on any atom is -0.250 e. The molecule has 0 radical (unpaired) electrons. The number of hydrogen-bond acceptors (Lipinski definition) is 4. The molecule has 0 aliphatic carbocycles. The maximum Gasteiger partial charge on any atom is 0.0406 e. The van der Waals surface area contributed by atoms with Crippen molar-refractivity contribution in [2.45, 2.75) is 0 Å². The van der Waals surface area contributed by atoms with E-state index in [1.165, 1.54) is 0 Å². The van der Waals surface area contributed by atoms with Gasteiger partial charge in [-0.2, -0.15) is 0 Å². The molecule has 4 nitrogen and oxygen atoms in total. The Hall–Kier alpha value is -0.100. The summed E-state index contributed by atoms with van der Waals surface area (Å²) in [5.41, 5.74) is 0. The molecule has 0 aliphatic heterocycles. The fraction of sp³-hybridized carbons (Fsp3) is 1.00. The molecule has 0 spiro atoms. The molecule has 0 bridgehead atoms. The minimum atomic E-state index is -1.79. The fourth-order valence-electron chi connectivity index (χ4n) is 0. The van der Waals surface area contributed by atoms with Crippen molar-refractivity contribution >= 4 is 19.5 Å². The van der Waals surface area contributed by atoms with Crippen LogP contribution in [-0.4, -0.2) is 47.5 Å². The van der Waals surface area contributed by atoms with E-state index in [0.29, 0.717) is 0 Å². The molecule has 0 N–H and O–H groups in total. The van der Waals surface area contributed by atoms with Gasteiger partial charge >= 0.3 is 0 Å². The molecule has 0 heterocycles. The Morgan fingerprint density at radius 1 is 0.750 bits per heavy atom. The highest BCUT2D eigenvalue weighted by Gasteiger charge is 1.78. The lowest BCUT2D eigenvalue weighted by Gasteiger charge is -1.83. The Balaban J connectivity index is 0. The molecule has 0 aromatic heterocycles. The van der Waals surface area contributed by atoms with Gasteiger partial charge < -0.3 is 0 Å². The summed E-state index contributed by atoms with van der Waals surface area (Å²) in [6, 6.07) is 0. The van der Waals surface area contributed by atoms with E-state index in [2.05, 4.69) is 8.73 Å². The molecule has 0 aromatic carbocycles. The van der Waals surface area contributed by atoms with E-state index in [0.717, 1.165) is 0 Å². The van der Waals surface area contributed by atoms with Crippen LogP contribution in [0.5, 0.6) is 0 Å². The third-order valence-electron chi connectivity index (χ3n) is 0.879. The van der Waals surface area contributed by atoms with Crippen LogP contribution in [0.2, 0.25) is 0 Å². The zero-order valence-electron chi connectivity index (χ0n) is 8.53. The lowest BCUT2D eigenvalue weighted by Crippen LogP contribution is -1.87. The van der Waals surface area contributed by atoms with E-state index in [1.54, 1.807) is 39.1 Å². The minimum absolute atomic E-state index is 1.56. The topological polar surface area (TPSA) is 58.9 Å². The molecule has 0 saturated carbocycles. The van der Waals surface area contributed by atoms with E-state index in [4.69, 9.17) is 0 Å². The van der Waals surface area contributed by atoms with Gasteiger partial charge in [0.15, 0.2) is 0 Å². The first-order chi connectivity index (χ1) is 5.12. The quantitative estimate of drug-likeness (QED) is 0.595. The van der Waals surface area contributed by atoms with Crippen LogP contribution >= 0.6 is 0 Å². The van der Waals surface area contributed by atoms with Crippen LogP contribution in [0.25, 0.3) is 0 Å². The van der Waals surface area contributed by atoms with Crippen LogP contribution in [0.3, 0.4) is 0 Å². The zero-order chi connectivity index (χ0) is 10.4. The lowest BCUT2D eigenvalue weighted by atomic mass is 11.6. The largest absolute Gasteiger partial charge is 0.250 e. The highest BCUT2D eigenvalue weighted by atomic mass is 32.2. The van der Waals surface area contributed by atoms with Crippen LogP contribution in [0.1, 0.15) is 0 Å². The number of nitrogens with zero attached hydrogens (tertiary/aromatic N) is 2. The summed E-state index contributed by atoms with van der Waals surface area (Å²) in [7, 11) is -0.458. The third kappa shape index (κ3) is 22.5. The van der Waals surface area contributed by atoms with Crippen molar-refractivity contribution in [2.75, 3.05) is 39.1 Å². The van der Waals surface area contributed by atoms with Crippen molar-refractivity contribution in [2.24, 2.45) is 8.73 Å². The van der Waals surface area contributed by atoms with Gasteiger partial charge in [0.1, 0.15) is 0 Å². The standard InChI is InChI=1S/2C3H9NOS/c2*1-4-6(2,3)5/h2*1-3H3. The molecule has 0 saturated heterocycles. The predicted octanol–water partition coefficient (Wildman–Crippen LogP) is 0.688. The average molecular weight is 214 g/mol. The Morgan fingerprint density at radius 3 is 0.833 bits per heavy atom. The van der Waals surface area contributed by atoms with Crippen LogP contribution < -0.4 is 0 Å². The summed E-state index contributed by atoms with van der Waals surface area (Å²) in [5.74, 6) is 0. The van der Waals surface area contributed by atoms with Gasteiger partial charge in [0, 0.05) is 58.6 Å². The molecule has 0 rings (SSSR count). The summed E-state index contributed by atoms with van der Waals surface area (Å²) in [6.45, 7) is 0. The highest BCUT2D eigenvalue weighted by Crippen LogP contribution is 1.75. The van der Waals surface area contributed by atoms with Gasteiger partial charge in [-0.05, 0) is 0 Å². The second kappa shape index (κ2) is 5.53. The number of rotatable bonds is 0. The van der Waals surface area contributed by atoms with E-state index in [9.17, 15) is 8.42 Å². The molecular formula is C6H18N2O2S2. The van der Waals surface area contributed by atoms with Gasteiger partial charge in [0.05, 0.1) is 0 Å². The van der Waals surface area contributed by atoms with E-state index >= 15 is 0 Å². The predicted molar refractivity (Wildman–Crippen MR) is 56.7 cm³/mol. The normalized spacial score (nSPS) is 11.2. The molecule has 0 atom stereocenters. The molecule has 0 amide bonds. The van der Waals surface area contributed by atoms with Crippen LogP contribution in [0.4, 0.5) is 0 Å². The SMILES string of the molecule is CN=S(C)(C)=O.CN=S(C)(C)=O. The third-order valence-corrected chi connectivity index (χ3v) is 2.64. The van der Waals surface area contributed by atoms with Gasteiger partial charge in [-0.1, -0.05) is 0 Å². The van der Waals surface area contributed by atoms with Gasteiger partial charge in [0.2, 0.25) is 0 Å². The van der Waals surface area contributed by atoms with Crippen molar-refractivity contribution < 1.29 is 8.42 Å². The summed E-state index contributed by atoms with van der Waals surface area (Å²) in [5, 5.41) is 0. The summed E-state index contributed by atoms with van der Waals surface area (Å²) >= 11 is 0. The van der Waals surface area contributed by atoms with Crippen molar-refractivity contribution in [1.29, 1.82) is 0 Å². The molecule has 6 heteroatoms. The first-order valence-corrected chi connectivity index (χ1v) is 7.89. The highest BCUT2D eigenvalue weighted by molar-refractivity contribution is 7.92.